The van der Waals surface area contributed by atoms with Crippen LogP contribution in [0.2, 0.25) is 5.02 Å². The van der Waals surface area contributed by atoms with Gasteiger partial charge in [0.15, 0.2) is 5.11 Å². The van der Waals surface area contributed by atoms with Crippen molar-refractivity contribution in [3.8, 4) is 0 Å². The molecule has 0 unspecified atom stereocenters. The standard InChI is InChI=1S/C18H22ClN3OS/c1-13-16(19)7-4-8-17(13)21-18(24)22(10-11-23-3)14(2)15-6-5-9-20-12-15/h4-9,12,14H,10-11H2,1-3H3,(H,21,24)/t14-/m1/s1. The number of aromatic nitrogens is 1. The van der Waals surface area contributed by atoms with Gasteiger partial charge in [-0.15, -0.1) is 0 Å². The van der Waals surface area contributed by atoms with Crippen molar-refractivity contribution in [2.24, 2.45) is 0 Å². The van der Waals surface area contributed by atoms with E-state index in [0.29, 0.717) is 23.3 Å². The monoisotopic (exact) mass is 363 g/mol. The summed E-state index contributed by atoms with van der Waals surface area (Å²) in [5, 5.41) is 4.66. The van der Waals surface area contributed by atoms with Gasteiger partial charge in [0.2, 0.25) is 0 Å². The average molecular weight is 364 g/mol. The first-order chi connectivity index (χ1) is 11.5. The molecule has 0 bridgehead atoms. The highest BCUT2D eigenvalue weighted by Gasteiger charge is 2.19. The van der Waals surface area contributed by atoms with Crippen molar-refractivity contribution in [3.05, 3.63) is 58.9 Å². The van der Waals surface area contributed by atoms with Crippen molar-refractivity contribution < 1.29 is 4.74 Å². The molecule has 1 atom stereocenters. The molecule has 6 heteroatoms. The molecule has 2 rings (SSSR count). The molecule has 1 aromatic heterocycles. The van der Waals surface area contributed by atoms with Crippen LogP contribution in [0.4, 0.5) is 5.69 Å². The number of ether oxygens (including phenoxy) is 1. The second kappa shape index (κ2) is 8.97. The van der Waals surface area contributed by atoms with E-state index < -0.39 is 0 Å². The van der Waals surface area contributed by atoms with Gasteiger partial charge < -0.3 is 15.0 Å². The zero-order chi connectivity index (χ0) is 17.5. The average Bonchev–Trinajstić information content (AvgIpc) is 2.60. The highest BCUT2D eigenvalue weighted by molar-refractivity contribution is 7.80. The third-order valence-electron chi connectivity index (χ3n) is 3.94. The van der Waals surface area contributed by atoms with Crippen LogP contribution in [-0.2, 0) is 4.74 Å². The lowest BCUT2D eigenvalue weighted by molar-refractivity contribution is 0.165. The topological polar surface area (TPSA) is 37.4 Å². The molecule has 1 heterocycles. The highest BCUT2D eigenvalue weighted by Crippen LogP contribution is 2.25. The molecule has 2 aromatic rings. The van der Waals surface area contributed by atoms with Crippen LogP contribution in [0.5, 0.6) is 0 Å². The highest BCUT2D eigenvalue weighted by atomic mass is 35.5. The molecule has 0 aliphatic carbocycles. The van der Waals surface area contributed by atoms with Crippen molar-refractivity contribution in [2.75, 3.05) is 25.6 Å². The Labute approximate surface area is 153 Å². The van der Waals surface area contributed by atoms with Crippen molar-refractivity contribution in [1.82, 2.24) is 9.88 Å². The van der Waals surface area contributed by atoms with E-state index >= 15 is 0 Å². The molecule has 0 fully saturated rings. The predicted molar refractivity (Wildman–Crippen MR) is 104 cm³/mol. The summed E-state index contributed by atoms with van der Waals surface area (Å²) in [6, 6.07) is 9.80. The molecule has 4 nitrogen and oxygen atoms in total. The van der Waals surface area contributed by atoms with E-state index in [0.717, 1.165) is 16.8 Å². The predicted octanol–water partition coefficient (Wildman–Crippen LogP) is 4.45. The summed E-state index contributed by atoms with van der Waals surface area (Å²) in [5.74, 6) is 0. The van der Waals surface area contributed by atoms with Gasteiger partial charge in [-0.1, -0.05) is 23.7 Å². The quantitative estimate of drug-likeness (QED) is 0.767. The second-order valence-electron chi connectivity index (χ2n) is 5.49. The maximum atomic E-state index is 6.19. The van der Waals surface area contributed by atoms with Gasteiger partial charge in [0.25, 0.3) is 0 Å². The summed E-state index contributed by atoms with van der Waals surface area (Å²) in [4.78, 5) is 6.29. The number of methoxy groups -OCH3 is 1. The number of halogens is 1. The van der Waals surface area contributed by atoms with Crippen molar-refractivity contribution in [1.29, 1.82) is 0 Å². The molecule has 1 N–H and O–H groups in total. The number of pyridine rings is 1. The number of hydrogen-bond donors (Lipinski definition) is 1. The molecule has 24 heavy (non-hydrogen) atoms. The van der Waals surface area contributed by atoms with Gasteiger partial charge in [-0.05, 0) is 55.4 Å². The van der Waals surface area contributed by atoms with E-state index in [1.807, 2.05) is 43.5 Å². The van der Waals surface area contributed by atoms with Gasteiger partial charge in [0, 0.05) is 36.8 Å². The first-order valence-electron chi connectivity index (χ1n) is 7.76. The van der Waals surface area contributed by atoms with Gasteiger partial charge in [0.1, 0.15) is 0 Å². The maximum absolute atomic E-state index is 6.19. The summed E-state index contributed by atoms with van der Waals surface area (Å²) >= 11 is 11.8. The minimum atomic E-state index is 0.0772. The number of rotatable bonds is 6. The van der Waals surface area contributed by atoms with Crippen LogP contribution in [0.25, 0.3) is 0 Å². The molecule has 0 radical (unpaired) electrons. The number of nitrogens with one attached hydrogen (secondary N) is 1. The number of thiocarbonyl (C=S) groups is 1. The summed E-state index contributed by atoms with van der Waals surface area (Å²) in [6.45, 7) is 5.34. The molecule has 0 saturated heterocycles. The molecule has 0 spiro atoms. The Hall–Kier alpha value is -1.69. The van der Waals surface area contributed by atoms with Crippen LogP contribution < -0.4 is 5.32 Å². The Kier molecular flexibility index (Phi) is 6.97. The van der Waals surface area contributed by atoms with Crippen molar-refractivity contribution in [3.63, 3.8) is 0 Å². The summed E-state index contributed by atoms with van der Waals surface area (Å²) in [7, 11) is 1.69. The molecule has 0 amide bonds. The normalized spacial score (nSPS) is 11.8. The van der Waals surface area contributed by atoms with Crippen molar-refractivity contribution in [2.45, 2.75) is 19.9 Å². The van der Waals surface area contributed by atoms with Crippen LogP contribution in [0.3, 0.4) is 0 Å². The van der Waals surface area contributed by atoms with Crippen LogP contribution in [0, 0.1) is 6.92 Å². The van der Waals surface area contributed by atoms with E-state index in [4.69, 9.17) is 28.6 Å². The van der Waals surface area contributed by atoms with E-state index in [-0.39, 0.29) is 6.04 Å². The Balaban J connectivity index is 2.20. The summed E-state index contributed by atoms with van der Waals surface area (Å²) in [6.07, 6.45) is 3.62. The lowest BCUT2D eigenvalue weighted by Crippen LogP contribution is -2.39. The van der Waals surface area contributed by atoms with Gasteiger partial charge in [-0.3, -0.25) is 4.98 Å². The molecular weight excluding hydrogens is 342 g/mol. The first-order valence-corrected chi connectivity index (χ1v) is 8.54. The van der Waals surface area contributed by atoms with Crippen LogP contribution in [0.15, 0.2) is 42.7 Å². The summed E-state index contributed by atoms with van der Waals surface area (Å²) in [5.41, 5.74) is 2.98. The SMILES string of the molecule is COCCN(C(=S)Nc1cccc(Cl)c1C)[C@H](C)c1cccnc1. The van der Waals surface area contributed by atoms with Gasteiger partial charge in [-0.2, -0.15) is 0 Å². The number of anilines is 1. The zero-order valence-corrected chi connectivity index (χ0v) is 15.7. The van der Waals surface area contributed by atoms with Crippen LogP contribution in [-0.4, -0.2) is 35.3 Å². The molecule has 0 aliphatic heterocycles. The first kappa shape index (κ1) is 18.6. The fraction of sp³-hybridized carbons (Fsp3) is 0.333. The second-order valence-corrected chi connectivity index (χ2v) is 6.28. The lowest BCUT2D eigenvalue weighted by Gasteiger charge is -2.32. The zero-order valence-electron chi connectivity index (χ0n) is 14.1. The van der Waals surface area contributed by atoms with E-state index in [9.17, 15) is 0 Å². The molecule has 128 valence electrons. The molecule has 0 saturated carbocycles. The Bertz CT molecular complexity index is 681. The van der Waals surface area contributed by atoms with Gasteiger partial charge in [-0.25, -0.2) is 0 Å². The third kappa shape index (κ3) is 4.66. The smallest absolute Gasteiger partial charge is 0.174 e. The van der Waals surface area contributed by atoms with E-state index in [1.165, 1.54) is 0 Å². The summed E-state index contributed by atoms with van der Waals surface area (Å²) < 4.78 is 5.24. The Morgan fingerprint density at radius 2 is 2.17 bits per heavy atom. The van der Waals surface area contributed by atoms with Crippen LogP contribution in [0.1, 0.15) is 24.1 Å². The lowest BCUT2D eigenvalue weighted by atomic mass is 10.1. The largest absolute Gasteiger partial charge is 0.383 e. The van der Waals surface area contributed by atoms with E-state index in [2.05, 4.69) is 22.1 Å². The number of nitrogens with zero attached hydrogens (tertiary/aromatic N) is 2. The number of benzene rings is 1. The van der Waals surface area contributed by atoms with Crippen molar-refractivity contribution >= 4 is 34.6 Å². The fourth-order valence-electron chi connectivity index (χ4n) is 2.39. The minimum absolute atomic E-state index is 0.0772. The van der Waals surface area contributed by atoms with Gasteiger partial charge in [0.05, 0.1) is 12.6 Å². The van der Waals surface area contributed by atoms with E-state index in [1.54, 1.807) is 13.3 Å². The Morgan fingerprint density at radius 1 is 1.38 bits per heavy atom. The Morgan fingerprint density at radius 3 is 2.83 bits per heavy atom. The number of hydrogen-bond acceptors (Lipinski definition) is 3. The molecule has 1 aromatic carbocycles. The molecular formula is C18H22ClN3OS. The fourth-order valence-corrected chi connectivity index (χ4v) is 2.93. The maximum Gasteiger partial charge on any atom is 0.174 e. The third-order valence-corrected chi connectivity index (χ3v) is 4.69. The minimum Gasteiger partial charge on any atom is -0.383 e. The molecule has 0 aliphatic rings. The van der Waals surface area contributed by atoms with Gasteiger partial charge >= 0.3 is 0 Å². The van der Waals surface area contributed by atoms with Crippen LogP contribution >= 0.6 is 23.8 Å².